The second-order valence-electron chi connectivity index (χ2n) is 8.03. The average Bonchev–Trinajstić information content (AvgIpc) is 3.00. The summed E-state index contributed by atoms with van der Waals surface area (Å²) in [6, 6.07) is 0. The van der Waals surface area contributed by atoms with E-state index in [1.54, 1.807) is 20.8 Å². The molecular formula is C15H24O6. The molecule has 0 bridgehead atoms. The fraction of sp³-hybridized carbons (Fsp3) is 0.933. The Morgan fingerprint density at radius 2 is 1.71 bits per heavy atom. The van der Waals surface area contributed by atoms with Crippen molar-refractivity contribution in [1.29, 1.82) is 0 Å². The van der Waals surface area contributed by atoms with Crippen LogP contribution in [-0.4, -0.2) is 55.9 Å². The maximum Gasteiger partial charge on any atom is 0.310 e. The summed E-state index contributed by atoms with van der Waals surface area (Å²) in [4.78, 5) is 11.8. The van der Waals surface area contributed by atoms with E-state index in [1.165, 1.54) is 6.92 Å². The molecule has 3 rings (SSSR count). The molecule has 120 valence electrons. The van der Waals surface area contributed by atoms with Crippen molar-refractivity contribution in [3.8, 4) is 0 Å². The van der Waals surface area contributed by atoms with Crippen LogP contribution in [0.4, 0.5) is 0 Å². The first-order valence-corrected chi connectivity index (χ1v) is 7.41. The topological polar surface area (TPSA) is 111 Å². The first-order valence-electron chi connectivity index (χ1n) is 7.41. The number of aliphatic hydroxyl groups is 3. The molecule has 1 spiro atoms. The zero-order chi connectivity index (χ0) is 16.0. The van der Waals surface area contributed by atoms with E-state index in [1.807, 2.05) is 0 Å². The van der Waals surface area contributed by atoms with Crippen molar-refractivity contribution in [1.82, 2.24) is 0 Å². The van der Waals surface area contributed by atoms with Crippen molar-refractivity contribution < 1.29 is 30.0 Å². The molecule has 6 heteroatoms. The molecule has 0 aromatic carbocycles. The zero-order valence-electron chi connectivity index (χ0n) is 12.8. The molecular weight excluding hydrogens is 276 g/mol. The molecule has 0 aromatic rings. The first kappa shape index (κ1) is 15.2. The van der Waals surface area contributed by atoms with Crippen molar-refractivity contribution in [2.45, 2.75) is 70.1 Å². The molecule has 0 amide bonds. The SMILES string of the molecule is CC1(O)CC2OC23C(C)(C)C(O)C(O)CC3(C)C1C(=O)O. The van der Waals surface area contributed by atoms with E-state index in [0.29, 0.717) is 0 Å². The van der Waals surface area contributed by atoms with Gasteiger partial charge >= 0.3 is 5.97 Å². The fourth-order valence-electron chi connectivity index (χ4n) is 5.63. The van der Waals surface area contributed by atoms with Crippen LogP contribution in [-0.2, 0) is 9.53 Å². The highest BCUT2D eigenvalue weighted by atomic mass is 16.6. The van der Waals surface area contributed by atoms with E-state index < -0.39 is 46.1 Å². The summed E-state index contributed by atoms with van der Waals surface area (Å²) in [6.45, 7) is 6.89. The van der Waals surface area contributed by atoms with Gasteiger partial charge in [0, 0.05) is 17.3 Å². The highest BCUT2D eigenvalue weighted by molar-refractivity contribution is 5.74. The van der Waals surface area contributed by atoms with Gasteiger partial charge in [0.2, 0.25) is 0 Å². The molecule has 1 aliphatic heterocycles. The predicted octanol–water partition coefficient (Wildman–Crippen LogP) is 0.137. The molecule has 21 heavy (non-hydrogen) atoms. The minimum absolute atomic E-state index is 0.0984. The van der Waals surface area contributed by atoms with Gasteiger partial charge in [0.05, 0.1) is 29.8 Å². The van der Waals surface area contributed by atoms with Crippen LogP contribution in [0.2, 0.25) is 0 Å². The number of rotatable bonds is 1. The highest BCUT2D eigenvalue weighted by Crippen LogP contribution is 2.73. The summed E-state index contributed by atoms with van der Waals surface area (Å²) in [6.07, 6.45) is -1.97. The number of aliphatic carboxylic acids is 1. The molecule has 3 aliphatic rings. The standard InChI is InChI=1S/C15H24O6/c1-12(2)10(17)7(16)5-13(3)9(11(18)19)14(4,20)6-8-15(12,13)21-8/h7-10,16-17,20H,5-6H2,1-4H3,(H,18,19). The Balaban J connectivity index is 2.17. The lowest BCUT2D eigenvalue weighted by Crippen LogP contribution is -2.71. The van der Waals surface area contributed by atoms with Crippen molar-refractivity contribution in [3.63, 3.8) is 0 Å². The molecule has 7 unspecified atom stereocenters. The monoisotopic (exact) mass is 300 g/mol. The van der Waals surface area contributed by atoms with Gasteiger partial charge in [-0.3, -0.25) is 4.79 Å². The molecule has 2 saturated carbocycles. The lowest BCUT2D eigenvalue weighted by atomic mass is 9.44. The van der Waals surface area contributed by atoms with Gasteiger partial charge in [-0.1, -0.05) is 20.8 Å². The molecule has 0 radical (unpaired) electrons. The van der Waals surface area contributed by atoms with Crippen molar-refractivity contribution >= 4 is 5.97 Å². The Bertz CT molecular complexity index is 500. The predicted molar refractivity (Wildman–Crippen MR) is 72.5 cm³/mol. The number of carboxylic acid groups (broad SMARTS) is 1. The minimum Gasteiger partial charge on any atom is -0.481 e. The summed E-state index contributed by atoms with van der Waals surface area (Å²) >= 11 is 0. The normalized spacial score (nSPS) is 58.0. The van der Waals surface area contributed by atoms with E-state index in [4.69, 9.17) is 4.74 Å². The Morgan fingerprint density at radius 1 is 1.14 bits per heavy atom. The molecule has 4 N–H and O–H groups in total. The van der Waals surface area contributed by atoms with Crippen LogP contribution in [0.3, 0.4) is 0 Å². The van der Waals surface area contributed by atoms with Gasteiger partial charge in [0.1, 0.15) is 5.60 Å². The summed E-state index contributed by atoms with van der Waals surface area (Å²) in [7, 11) is 0. The second-order valence-corrected chi connectivity index (χ2v) is 8.03. The van der Waals surface area contributed by atoms with E-state index in [0.717, 1.165) is 0 Å². The summed E-state index contributed by atoms with van der Waals surface area (Å²) < 4.78 is 5.93. The number of ether oxygens (including phenoxy) is 1. The average molecular weight is 300 g/mol. The van der Waals surface area contributed by atoms with Crippen LogP contribution in [0.15, 0.2) is 0 Å². The van der Waals surface area contributed by atoms with E-state index >= 15 is 0 Å². The number of hydrogen-bond acceptors (Lipinski definition) is 5. The number of hydrogen-bond donors (Lipinski definition) is 4. The largest absolute Gasteiger partial charge is 0.481 e. The van der Waals surface area contributed by atoms with Crippen molar-refractivity contribution in [2.75, 3.05) is 0 Å². The summed E-state index contributed by atoms with van der Waals surface area (Å²) in [5.41, 5.74) is -3.94. The quantitative estimate of drug-likeness (QED) is 0.513. The van der Waals surface area contributed by atoms with E-state index in [-0.39, 0.29) is 18.9 Å². The Hall–Kier alpha value is -0.690. The third kappa shape index (κ3) is 1.49. The number of carbonyl (C=O) groups is 1. The van der Waals surface area contributed by atoms with Gasteiger partial charge in [-0.05, 0) is 13.3 Å². The molecule has 3 fully saturated rings. The van der Waals surface area contributed by atoms with Gasteiger partial charge in [-0.2, -0.15) is 0 Å². The zero-order valence-corrected chi connectivity index (χ0v) is 12.8. The molecule has 6 nitrogen and oxygen atoms in total. The smallest absolute Gasteiger partial charge is 0.310 e. The fourth-order valence-corrected chi connectivity index (χ4v) is 5.63. The van der Waals surface area contributed by atoms with Crippen LogP contribution >= 0.6 is 0 Å². The van der Waals surface area contributed by atoms with Crippen molar-refractivity contribution in [2.24, 2.45) is 16.7 Å². The molecule has 2 aliphatic carbocycles. The van der Waals surface area contributed by atoms with E-state index in [9.17, 15) is 25.2 Å². The number of epoxide rings is 1. The molecule has 1 saturated heterocycles. The van der Waals surface area contributed by atoms with Crippen LogP contribution in [0.1, 0.15) is 40.5 Å². The Kier molecular flexibility index (Phi) is 2.75. The number of carboxylic acids is 1. The Morgan fingerprint density at radius 3 is 2.24 bits per heavy atom. The van der Waals surface area contributed by atoms with Crippen LogP contribution < -0.4 is 0 Å². The molecule has 7 atom stereocenters. The van der Waals surface area contributed by atoms with Crippen LogP contribution in [0.5, 0.6) is 0 Å². The summed E-state index contributed by atoms with van der Waals surface area (Å²) in [5.74, 6) is -2.14. The highest BCUT2D eigenvalue weighted by Gasteiger charge is 2.84. The van der Waals surface area contributed by atoms with Gasteiger partial charge in [-0.25, -0.2) is 0 Å². The van der Waals surface area contributed by atoms with Gasteiger partial charge in [-0.15, -0.1) is 0 Å². The maximum absolute atomic E-state index is 11.8. The first-order chi connectivity index (χ1) is 9.42. The van der Waals surface area contributed by atoms with Gasteiger partial charge in [0.15, 0.2) is 0 Å². The third-order valence-corrected chi connectivity index (χ3v) is 6.37. The molecule has 1 heterocycles. The number of aliphatic hydroxyl groups excluding tert-OH is 2. The lowest BCUT2D eigenvalue weighted by Gasteiger charge is -2.59. The third-order valence-electron chi connectivity index (χ3n) is 6.37. The Labute approximate surface area is 123 Å². The van der Waals surface area contributed by atoms with Crippen LogP contribution in [0, 0.1) is 16.7 Å². The van der Waals surface area contributed by atoms with Crippen LogP contribution in [0.25, 0.3) is 0 Å². The maximum atomic E-state index is 11.8. The van der Waals surface area contributed by atoms with Gasteiger partial charge in [0.25, 0.3) is 0 Å². The second kappa shape index (κ2) is 3.79. The van der Waals surface area contributed by atoms with Gasteiger partial charge < -0.3 is 25.2 Å². The van der Waals surface area contributed by atoms with Crippen molar-refractivity contribution in [3.05, 3.63) is 0 Å². The molecule has 0 aromatic heterocycles. The van der Waals surface area contributed by atoms with E-state index in [2.05, 4.69) is 0 Å². The lowest BCUT2D eigenvalue weighted by molar-refractivity contribution is -0.221. The summed E-state index contributed by atoms with van der Waals surface area (Å²) in [5, 5.41) is 40.9. The minimum atomic E-state index is -1.40.